The van der Waals surface area contributed by atoms with Crippen LogP contribution in [0, 0.1) is 5.82 Å². The van der Waals surface area contributed by atoms with Crippen LogP contribution >= 0.6 is 12.2 Å². The van der Waals surface area contributed by atoms with Crippen LogP contribution in [0.1, 0.15) is 11.1 Å². The normalized spacial score (nSPS) is 14.2. The molecule has 1 saturated heterocycles. The van der Waals surface area contributed by atoms with E-state index in [4.69, 9.17) is 21.7 Å². The number of thiocarbonyl (C=S) groups is 1. The standard InChI is InChI=1S/C20H18FN3O4S/c1-27-16-8-5-13(11-17(16)28-2)9-10-23-18(25)19(26)24(20(23)29)22-12-14-3-6-15(21)7-4-14/h3-8,11-12H,9-10H2,1-2H3/b22-12+. The molecule has 0 radical (unpaired) electrons. The van der Waals surface area contributed by atoms with Gasteiger partial charge < -0.3 is 9.47 Å². The van der Waals surface area contributed by atoms with Crippen molar-refractivity contribution in [1.29, 1.82) is 0 Å². The van der Waals surface area contributed by atoms with E-state index in [1.165, 1.54) is 42.5 Å². The molecule has 1 aliphatic heterocycles. The van der Waals surface area contributed by atoms with Gasteiger partial charge in [0.05, 0.1) is 20.4 Å². The summed E-state index contributed by atoms with van der Waals surface area (Å²) in [6, 6.07) is 10.9. The molecular formula is C20H18FN3O4S. The minimum atomic E-state index is -0.833. The number of hydrogen-bond acceptors (Lipinski definition) is 6. The van der Waals surface area contributed by atoms with Crippen LogP contribution in [0.4, 0.5) is 4.39 Å². The molecule has 3 rings (SSSR count). The van der Waals surface area contributed by atoms with Gasteiger partial charge in [0.2, 0.25) is 5.11 Å². The third-order valence-corrected chi connectivity index (χ3v) is 4.69. The van der Waals surface area contributed by atoms with E-state index >= 15 is 0 Å². The highest BCUT2D eigenvalue weighted by Crippen LogP contribution is 2.28. The second-order valence-electron chi connectivity index (χ2n) is 6.09. The quantitative estimate of drug-likeness (QED) is 0.395. The maximum Gasteiger partial charge on any atom is 0.339 e. The molecule has 0 unspecified atom stereocenters. The van der Waals surface area contributed by atoms with E-state index in [0.29, 0.717) is 23.5 Å². The Morgan fingerprint density at radius 3 is 2.38 bits per heavy atom. The third kappa shape index (κ3) is 4.40. The summed E-state index contributed by atoms with van der Waals surface area (Å²) in [6.07, 6.45) is 1.80. The van der Waals surface area contributed by atoms with Crippen molar-refractivity contribution in [1.82, 2.24) is 9.91 Å². The van der Waals surface area contributed by atoms with E-state index in [1.807, 2.05) is 6.07 Å². The Morgan fingerprint density at radius 1 is 1.03 bits per heavy atom. The molecule has 0 bridgehead atoms. The van der Waals surface area contributed by atoms with E-state index in [-0.39, 0.29) is 17.5 Å². The fourth-order valence-corrected chi connectivity index (χ4v) is 3.05. The van der Waals surface area contributed by atoms with Crippen molar-refractivity contribution in [2.45, 2.75) is 6.42 Å². The zero-order valence-corrected chi connectivity index (χ0v) is 16.6. The van der Waals surface area contributed by atoms with Crippen molar-refractivity contribution >= 4 is 35.4 Å². The maximum absolute atomic E-state index is 13.0. The number of amides is 2. The molecule has 1 fully saturated rings. The first kappa shape index (κ1) is 20.4. The Labute approximate surface area is 172 Å². The van der Waals surface area contributed by atoms with Gasteiger partial charge in [-0.3, -0.25) is 14.5 Å². The molecule has 0 aliphatic carbocycles. The molecule has 2 aromatic carbocycles. The molecule has 1 aliphatic rings. The predicted molar refractivity (Wildman–Crippen MR) is 108 cm³/mol. The number of rotatable bonds is 7. The Kier molecular flexibility index (Phi) is 6.18. The average molecular weight is 415 g/mol. The predicted octanol–water partition coefficient (Wildman–Crippen LogP) is 2.38. The third-order valence-electron chi connectivity index (χ3n) is 4.30. The van der Waals surface area contributed by atoms with Crippen molar-refractivity contribution in [2.24, 2.45) is 5.10 Å². The molecule has 7 nitrogen and oxygen atoms in total. The lowest BCUT2D eigenvalue weighted by Gasteiger charge is -2.16. The smallest absolute Gasteiger partial charge is 0.339 e. The highest BCUT2D eigenvalue weighted by Gasteiger charge is 2.41. The summed E-state index contributed by atoms with van der Waals surface area (Å²) >= 11 is 5.25. The Bertz CT molecular complexity index is 978. The van der Waals surface area contributed by atoms with Crippen molar-refractivity contribution in [3.8, 4) is 11.5 Å². The van der Waals surface area contributed by atoms with Gasteiger partial charge in [0.15, 0.2) is 11.5 Å². The van der Waals surface area contributed by atoms with Gasteiger partial charge in [0, 0.05) is 6.54 Å². The van der Waals surface area contributed by atoms with Crippen LogP contribution in [0.3, 0.4) is 0 Å². The van der Waals surface area contributed by atoms with Gasteiger partial charge >= 0.3 is 11.8 Å². The minimum absolute atomic E-state index is 0.00108. The van der Waals surface area contributed by atoms with E-state index in [2.05, 4.69) is 5.10 Å². The number of benzene rings is 2. The fourth-order valence-electron chi connectivity index (χ4n) is 2.74. The van der Waals surface area contributed by atoms with E-state index < -0.39 is 11.8 Å². The summed E-state index contributed by atoms with van der Waals surface area (Å²) in [5, 5.41) is 4.86. The zero-order valence-electron chi connectivity index (χ0n) is 15.8. The summed E-state index contributed by atoms with van der Waals surface area (Å²) in [5.74, 6) is -0.790. The second kappa shape index (κ2) is 8.78. The number of hydrogen-bond donors (Lipinski definition) is 0. The number of nitrogens with zero attached hydrogens (tertiary/aromatic N) is 3. The summed E-state index contributed by atoms with van der Waals surface area (Å²) in [4.78, 5) is 25.7. The number of hydrazone groups is 1. The maximum atomic E-state index is 13.0. The van der Waals surface area contributed by atoms with Crippen LogP contribution in [-0.2, 0) is 16.0 Å². The number of carbonyl (C=O) groups is 2. The van der Waals surface area contributed by atoms with Gasteiger partial charge in [-0.05, 0) is 54.0 Å². The Balaban J connectivity index is 1.69. The number of carbonyl (C=O) groups excluding carboxylic acids is 2. The van der Waals surface area contributed by atoms with Gasteiger partial charge in [0.1, 0.15) is 5.82 Å². The molecule has 0 aromatic heterocycles. The molecule has 2 amide bonds. The molecule has 0 N–H and O–H groups in total. The summed E-state index contributed by atoms with van der Waals surface area (Å²) in [6.45, 7) is 0.210. The first-order chi connectivity index (χ1) is 13.9. The molecule has 2 aromatic rings. The van der Waals surface area contributed by atoms with Crippen molar-refractivity contribution in [2.75, 3.05) is 20.8 Å². The number of ether oxygens (including phenoxy) is 2. The molecule has 1 heterocycles. The van der Waals surface area contributed by atoms with Crippen LogP contribution in [0.5, 0.6) is 11.5 Å². The molecule has 0 atom stereocenters. The topological polar surface area (TPSA) is 71.4 Å². The van der Waals surface area contributed by atoms with Crippen LogP contribution in [-0.4, -0.2) is 53.8 Å². The molecular weight excluding hydrogens is 397 g/mol. The van der Waals surface area contributed by atoms with Crippen molar-refractivity contribution in [3.63, 3.8) is 0 Å². The van der Waals surface area contributed by atoms with E-state index in [0.717, 1.165) is 10.6 Å². The van der Waals surface area contributed by atoms with Crippen LogP contribution in [0.25, 0.3) is 0 Å². The first-order valence-electron chi connectivity index (χ1n) is 8.65. The number of methoxy groups -OCH3 is 2. The highest BCUT2D eigenvalue weighted by atomic mass is 32.1. The lowest BCUT2D eigenvalue weighted by atomic mass is 10.1. The van der Waals surface area contributed by atoms with Crippen molar-refractivity contribution in [3.05, 3.63) is 59.4 Å². The van der Waals surface area contributed by atoms with Crippen LogP contribution in [0.15, 0.2) is 47.6 Å². The van der Waals surface area contributed by atoms with Crippen molar-refractivity contribution < 1.29 is 23.5 Å². The molecule has 0 spiro atoms. The zero-order chi connectivity index (χ0) is 21.0. The monoisotopic (exact) mass is 415 g/mol. The molecule has 0 saturated carbocycles. The van der Waals surface area contributed by atoms with Gasteiger partial charge in [-0.1, -0.05) is 18.2 Å². The Morgan fingerprint density at radius 2 is 1.72 bits per heavy atom. The lowest BCUT2D eigenvalue weighted by molar-refractivity contribution is -0.143. The second-order valence-corrected chi connectivity index (χ2v) is 6.46. The van der Waals surface area contributed by atoms with Gasteiger partial charge in [-0.25, -0.2) is 4.39 Å². The highest BCUT2D eigenvalue weighted by molar-refractivity contribution is 7.80. The largest absolute Gasteiger partial charge is 0.493 e. The average Bonchev–Trinajstić information content (AvgIpc) is 2.94. The van der Waals surface area contributed by atoms with E-state index in [9.17, 15) is 14.0 Å². The van der Waals surface area contributed by atoms with Crippen LogP contribution < -0.4 is 9.47 Å². The molecule has 29 heavy (non-hydrogen) atoms. The van der Waals surface area contributed by atoms with E-state index in [1.54, 1.807) is 19.2 Å². The van der Waals surface area contributed by atoms with Crippen LogP contribution in [0.2, 0.25) is 0 Å². The molecule has 9 heteroatoms. The molecule has 150 valence electrons. The fraction of sp³-hybridized carbons (Fsp3) is 0.200. The van der Waals surface area contributed by atoms with Gasteiger partial charge in [-0.2, -0.15) is 10.1 Å². The summed E-state index contributed by atoms with van der Waals surface area (Å²) in [7, 11) is 3.09. The van der Waals surface area contributed by atoms with Gasteiger partial charge in [0.25, 0.3) is 0 Å². The van der Waals surface area contributed by atoms with Gasteiger partial charge in [-0.15, -0.1) is 0 Å². The first-order valence-corrected chi connectivity index (χ1v) is 9.05. The summed E-state index contributed by atoms with van der Waals surface area (Å²) in [5.41, 5.74) is 1.46. The SMILES string of the molecule is COc1ccc(CCN2C(=O)C(=O)N(/N=C/c3ccc(F)cc3)C2=S)cc1OC. The lowest BCUT2D eigenvalue weighted by Crippen LogP contribution is -2.33. The number of halogens is 1. The Hall–Kier alpha value is -3.33. The summed E-state index contributed by atoms with van der Waals surface area (Å²) < 4.78 is 23.4. The minimum Gasteiger partial charge on any atom is -0.493 e.